The SMILES string of the molecule is CN(CC(=O)Nc1nnc(C(F)F)s1)S(=O)(=O)c1cccnc1. The standard InChI is InChI=1S/C11H11F2N5O3S2/c1-18(23(20,21)7-3-2-4-14-5-7)6-8(19)15-11-17-16-10(22-11)9(12)13/h2-5,9H,6H2,1H3,(H,15,17,19). The van der Waals surface area contributed by atoms with Crippen molar-refractivity contribution in [3.63, 3.8) is 0 Å². The minimum atomic E-state index is -3.88. The monoisotopic (exact) mass is 363 g/mol. The summed E-state index contributed by atoms with van der Waals surface area (Å²) < 4.78 is 50.0. The predicted octanol–water partition coefficient (Wildman–Crippen LogP) is 1.13. The molecule has 0 aliphatic rings. The molecular formula is C11H11F2N5O3S2. The van der Waals surface area contributed by atoms with Crippen molar-refractivity contribution in [2.45, 2.75) is 11.3 Å². The van der Waals surface area contributed by atoms with E-state index in [1.165, 1.54) is 25.4 Å². The fraction of sp³-hybridized carbons (Fsp3) is 0.273. The Morgan fingerprint density at radius 2 is 2.17 bits per heavy atom. The molecule has 2 aromatic rings. The average molecular weight is 363 g/mol. The summed E-state index contributed by atoms with van der Waals surface area (Å²) in [7, 11) is -2.66. The first kappa shape index (κ1) is 17.3. The Labute approximate surface area is 134 Å². The summed E-state index contributed by atoms with van der Waals surface area (Å²) in [4.78, 5) is 15.4. The molecule has 0 saturated heterocycles. The number of alkyl halides is 2. The van der Waals surface area contributed by atoms with Crippen LogP contribution in [-0.2, 0) is 14.8 Å². The number of halogens is 2. The van der Waals surface area contributed by atoms with Gasteiger partial charge in [-0.25, -0.2) is 17.2 Å². The number of carbonyl (C=O) groups excluding carboxylic acids is 1. The van der Waals surface area contributed by atoms with Crippen LogP contribution in [0.25, 0.3) is 0 Å². The van der Waals surface area contributed by atoms with Crippen molar-refractivity contribution in [3.05, 3.63) is 29.5 Å². The van der Waals surface area contributed by atoms with E-state index < -0.39 is 33.9 Å². The van der Waals surface area contributed by atoms with Crippen molar-refractivity contribution in [1.82, 2.24) is 19.5 Å². The molecule has 12 heteroatoms. The van der Waals surface area contributed by atoms with Crippen LogP contribution in [0.15, 0.2) is 29.4 Å². The first-order chi connectivity index (χ1) is 10.8. The van der Waals surface area contributed by atoms with Crippen LogP contribution in [0.5, 0.6) is 0 Å². The third-order valence-corrected chi connectivity index (χ3v) is 5.22. The second-order valence-corrected chi connectivity index (χ2v) is 7.30. The number of aromatic nitrogens is 3. The highest BCUT2D eigenvalue weighted by Gasteiger charge is 2.24. The van der Waals surface area contributed by atoms with Gasteiger partial charge in [0.25, 0.3) is 6.43 Å². The summed E-state index contributed by atoms with van der Waals surface area (Å²) in [6.07, 6.45) is -0.211. The van der Waals surface area contributed by atoms with E-state index in [4.69, 9.17) is 0 Å². The normalized spacial score (nSPS) is 11.9. The molecule has 2 rings (SSSR count). The summed E-state index contributed by atoms with van der Waals surface area (Å²) in [6, 6.07) is 2.80. The molecule has 2 heterocycles. The molecule has 0 aliphatic carbocycles. The largest absolute Gasteiger partial charge is 0.299 e. The molecule has 124 valence electrons. The summed E-state index contributed by atoms with van der Waals surface area (Å²) >= 11 is 0.518. The summed E-state index contributed by atoms with van der Waals surface area (Å²) in [5.41, 5.74) is 0. The van der Waals surface area contributed by atoms with Crippen molar-refractivity contribution in [3.8, 4) is 0 Å². The minimum absolute atomic E-state index is 0.0637. The number of hydrogen-bond donors (Lipinski definition) is 1. The molecule has 0 saturated carbocycles. The van der Waals surface area contributed by atoms with Crippen LogP contribution in [-0.4, -0.2) is 47.4 Å². The zero-order chi connectivity index (χ0) is 17.0. The smallest absolute Gasteiger partial charge is 0.291 e. The number of nitrogens with one attached hydrogen (secondary N) is 1. The van der Waals surface area contributed by atoms with E-state index in [2.05, 4.69) is 20.5 Å². The van der Waals surface area contributed by atoms with E-state index in [1.54, 1.807) is 0 Å². The minimum Gasteiger partial charge on any atom is -0.299 e. The fourth-order valence-electron chi connectivity index (χ4n) is 1.50. The van der Waals surface area contributed by atoms with Gasteiger partial charge in [0.1, 0.15) is 4.90 Å². The summed E-state index contributed by atoms with van der Waals surface area (Å²) in [6.45, 7) is -0.513. The van der Waals surface area contributed by atoms with Gasteiger partial charge in [0.15, 0.2) is 5.01 Å². The molecule has 0 radical (unpaired) electrons. The topological polar surface area (TPSA) is 105 Å². The number of anilines is 1. The molecule has 1 amide bonds. The number of likely N-dealkylation sites (N-methyl/N-ethyl adjacent to an activating group) is 1. The molecular weight excluding hydrogens is 352 g/mol. The Bertz CT molecular complexity index is 782. The first-order valence-corrected chi connectivity index (χ1v) is 8.34. The molecule has 0 aromatic carbocycles. The highest BCUT2D eigenvalue weighted by atomic mass is 32.2. The van der Waals surface area contributed by atoms with Crippen molar-refractivity contribution in [1.29, 1.82) is 0 Å². The number of rotatable bonds is 6. The van der Waals surface area contributed by atoms with Gasteiger partial charge in [-0.1, -0.05) is 11.3 Å². The quantitative estimate of drug-likeness (QED) is 0.825. The van der Waals surface area contributed by atoms with Gasteiger partial charge in [-0.2, -0.15) is 4.31 Å². The van der Waals surface area contributed by atoms with Gasteiger partial charge >= 0.3 is 0 Å². The Morgan fingerprint density at radius 1 is 1.43 bits per heavy atom. The molecule has 0 spiro atoms. The van der Waals surface area contributed by atoms with Crippen molar-refractivity contribution in [2.75, 3.05) is 18.9 Å². The molecule has 8 nitrogen and oxygen atoms in total. The Hall–Kier alpha value is -2.05. The maximum absolute atomic E-state index is 12.4. The number of carbonyl (C=O) groups is 1. The van der Waals surface area contributed by atoms with Crippen LogP contribution in [0, 0.1) is 0 Å². The molecule has 1 N–H and O–H groups in total. The van der Waals surface area contributed by atoms with E-state index in [0.717, 1.165) is 10.5 Å². The van der Waals surface area contributed by atoms with Crippen molar-refractivity contribution in [2.24, 2.45) is 0 Å². The summed E-state index contributed by atoms with van der Waals surface area (Å²) in [5, 5.41) is 8.16. The van der Waals surface area contributed by atoms with Crippen LogP contribution < -0.4 is 5.32 Å². The summed E-state index contributed by atoms with van der Waals surface area (Å²) in [5.74, 6) is -0.725. The van der Waals surface area contributed by atoms with Gasteiger partial charge in [0, 0.05) is 19.4 Å². The van der Waals surface area contributed by atoms with E-state index in [-0.39, 0.29) is 10.0 Å². The molecule has 0 unspecified atom stereocenters. The van der Waals surface area contributed by atoms with Crippen LogP contribution in [0.3, 0.4) is 0 Å². The molecule has 0 fully saturated rings. The van der Waals surface area contributed by atoms with E-state index in [0.29, 0.717) is 11.3 Å². The zero-order valence-electron chi connectivity index (χ0n) is 11.7. The first-order valence-electron chi connectivity index (χ1n) is 6.08. The lowest BCUT2D eigenvalue weighted by molar-refractivity contribution is -0.116. The van der Waals surface area contributed by atoms with E-state index in [1.807, 2.05) is 0 Å². The number of hydrogen-bond acceptors (Lipinski definition) is 7. The van der Waals surface area contributed by atoms with Gasteiger partial charge < -0.3 is 0 Å². The van der Waals surface area contributed by atoms with Gasteiger partial charge in [0.2, 0.25) is 21.1 Å². The second kappa shape index (κ2) is 7.02. The molecule has 2 aromatic heterocycles. The number of nitrogens with zero attached hydrogens (tertiary/aromatic N) is 4. The predicted molar refractivity (Wildman–Crippen MR) is 77.5 cm³/mol. The molecule has 0 atom stereocenters. The van der Waals surface area contributed by atoms with Crippen LogP contribution >= 0.6 is 11.3 Å². The molecule has 0 bridgehead atoms. The fourth-order valence-corrected chi connectivity index (χ4v) is 3.21. The molecule has 23 heavy (non-hydrogen) atoms. The number of amides is 1. The maximum atomic E-state index is 12.4. The lowest BCUT2D eigenvalue weighted by atomic mass is 10.5. The van der Waals surface area contributed by atoms with Crippen molar-refractivity contribution >= 4 is 32.4 Å². The van der Waals surface area contributed by atoms with Crippen LogP contribution in [0.4, 0.5) is 13.9 Å². The number of sulfonamides is 1. The average Bonchev–Trinajstić information content (AvgIpc) is 2.96. The third-order valence-electron chi connectivity index (χ3n) is 2.58. The van der Waals surface area contributed by atoms with Gasteiger partial charge in [-0.15, -0.1) is 10.2 Å². The maximum Gasteiger partial charge on any atom is 0.291 e. The second-order valence-electron chi connectivity index (χ2n) is 4.24. The highest BCUT2D eigenvalue weighted by Crippen LogP contribution is 2.25. The van der Waals surface area contributed by atoms with Crippen LogP contribution in [0.2, 0.25) is 0 Å². The highest BCUT2D eigenvalue weighted by molar-refractivity contribution is 7.89. The Balaban J connectivity index is 2.02. The zero-order valence-corrected chi connectivity index (χ0v) is 13.3. The van der Waals surface area contributed by atoms with E-state index >= 15 is 0 Å². The lowest BCUT2D eigenvalue weighted by Crippen LogP contribution is -2.35. The van der Waals surface area contributed by atoms with Crippen LogP contribution in [0.1, 0.15) is 11.4 Å². The Kier molecular flexibility index (Phi) is 5.28. The van der Waals surface area contributed by atoms with Crippen molar-refractivity contribution < 1.29 is 22.0 Å². The third kappa shape index (κ3) is 4.24. The molecule has 0 aliphatic heterocycles. The van der Waals surface area contributed by atoms with Gasteiger partial charge in [-0.05, 0) is 12.1 Å². The Morgan fingerprint density at radius 3 is 2.74 bits per heavy atom. The lowest BCUT2D eigenvalue weighted by Gasteiger charge is -2.15. The van der Waals surface area contributed by atoms with Gasteiger partial charge in [-0.3, -0.25) is 15.1 Å². The van der Waals surface area contributed by atoms with E-state index in [9.17, 15) is 22.0 Å². The van der Waals surface area contributed by atoms with Gasteiger partial charge in [0.05, 0.1) is 6.54 Å². The number of pyridine rings is 1.